The molecule has 1 aromatic heterocycles. The number of carboxylic acids is 1. The maximum absolute atomic E-state index is 11.6. The van der Waals surface area contributed by atoms with Gasteiger partial charge in [-0.3, -0.25) is 0 Å². The maximum atomic E-state index is 11.6. The van der Waals surface area contributed by atoms with Crippen LogP contribution in [0.1, 0.15) is 10.5 Å². The molecule has 9 heteroatoms. The van der Waals surface area contributed by atoms with Crippen LogP contribution in [0, 0.1) is 0 Å². The van der Waals surface area contributed by atoms with Crippen molar-refractivity contribution in [3.63, 3.8) is 0 Å². The lowest BCUT2D eigenvalue weighted by Gasteiger charge is -2.17. The van der Waals surface area contributed by atoms with Crippen LogP contribution in [0.4, 0.5) is 4.79 Å². The number of carbonyl (C=O) groups is 2. The first-order chi connectivity index (χ1) is 9.04. The van der Waals surface area contributed by atoms with Crippen LogP contribution in [-0.2, 0) is 6.54 Å². The molecular weight excluding hydrogens is 252 g/mol. The topological polar surface area (TPSA) is 112 Å². The van der Waals surface area contributed by atoms with E-state index in [0.717, 1.165) is 6.54 Å². The fraction of sp³-hybridized carbons (Fsp3) is 0.600. The fourth-order valence-corrected chi connectivity index (χ4v) is 1.30. The van der Waals surface area contributed by atoms with E-state index in [4.69, 9.17) is 5.11 Å². The van der Waals surface area contributed by atoms with Gasteiger partial charge >= 0.3 is 12.0 Å². The van der Waals surface area contributed by atoms with E-state index in [9.17, 15) is 9.59 Å². The number of aromatic carboxylic acids is 1. The normalized spacial score (nSPS) is 10.2. The van der Waals surface area contributed by atoms with Crippen LogP contribution in [0.2, 0.25) is 0 Å². The summed E-state index contributed by atoms with van der Waals surface area (Å²) in [5.74, 6) is -1.12. The van der Waals surface area contributed by atoms with Gasteiger partial charge in [0.15, 0.2) is 5.69 Å². The number of likely N-dealkylation sites (N-methyl/N-ethyl adjacent to an activating group) is 2. The molecule has 106 valence electrons. The molecule has 0 aliphatic rings. The number of rotatable bonds is 7. The van der Waals surface area contributed by atoms with Crippen molar-refractivity contribution in [2.75, 3.05) is 33.7 Å². The predicted octanol–water partition coefficient (Wildman–Crippen LogP) is -1.16. The molecule has 0 spiro atoms. The first kappa shape index (κ1) is 14.9. The van der Waals surface area contributed by atoms with Gasteiger partial charge in [0.25, 0.3) is 0 Å². The first-order valence-electron chi connectivity index (χ1n) is 5.81. The molecule has 2 amide bonds. The third-order valence-corrected chi connectivity index (χ3v) is 2.42. The lowest BCUT2D eigenvalue weighted by atomic mass is 10.5. The van der Waals surface area contributed by atoms with Gasteiger partial charge in [-0.25, -0.2) is 14.3 Å². The molecule has 0 aliphatic heterocycles. The molecule has 1 heterocycles. The quantitative estimate of drug-likeness (QED) is 0.576. The number of carbonyl (C=O) groups excluding carboxylic acids is 1. The summed E-state index contributed by atoms with van der Waals surface area (Å²) in [5.41, 5.74) is -0.113. The zero-order valence-electron chi connectivity index (χ0n) is 11.0. The van der Waals surface area contributed by atoms with Crippen molar-refractivity contribution in [3.05, 3.63) is 11.9 Å². The number of amides is 2. The number of aromatic nitrogens is 3. The van der Waals surface area contributed by atoms with E-state index in [1.165, 1.54) is 10.9 Å². The lowest BCUT2D eigenvalue weighted by molar-refractivity contribution is 0.0690. The maximum Gasteiger partial charge on any atom is 0.358 e. The number of hydrogen-bond donors (Lipinski definition) is 3. The third kappa shape index (κ3) is 4.92. The van der Waals surface area contributed by atoms with E-state index in [1.54, 1.807) is 11.9 Å². The second kappa shape index (κ2) is 7.31. The van der Waals surface area contributed by atoms with E-state index >= 15 is 0 Å². The summed E-state index contributed by atoms with van der Waals surface area (Å²) in [4.78, 5) is 23.7. The highest BCUT2D eigenvalue weighted by Crippen LogP contribution is 1.92. The van der Waals surface area contributed by atoms with Crippen molar-refractivity contribution in [2.24, 2.45) is 0 Å². The second-order valence-corrected chi connectivity index (χ2v) is 3.93. The van der Waals surface area contributed by atoms with Crippen molar-refractivity contribution in [2.45, 2.75) is 6.54 Å². The zero-order chi connectivity index (χ0) is 14.3. The SMILES string of the molecule is CNCCN(C)C(=O)NCCn1cc(C(=O)O)nn1. The summed E-state index contributed by atoms with van der Waals surface area (Å²) in [7, 11) is 3.52. The highest BCUT2D eigenvalue weighted by atomic mass is 16.4. The lowest BCUT2D eigenvalue weighted by Crippen LogP contribution is -2.41. The van der Waals surface area contributed by atoms with Gasteiger partial charge in [0.2, 0.25) is 0 Å². The van der Waals surface area contributed by atoms with Crippen molar-refractivity contribution in [1.82, 2.24) is 30.5 Å². The largest absolute Gasteiger partial charge is 0.476 e. The van der Waals surface area contributed by atoms with Gasteiger partial charge in [0, 0.05) is 26.7 Å². The minimum absolute atomic E-state index is 0.113. The van der Waals surface area contributed by atoms with Gasteiger partial charge < -0.3 is 20.6 Å². The monoisotopic (exact) mass is 270 g/mol. The molecule has 0 atom stereocenters. The highest BCUT2D eigenvalue weighted by molar-refractivity contribution is 5.84. The Labute approximate surface area is 110 Å². The van der Waals surface area contributed by atoms with Crippen LogP contribution < -0.4 is 10.6 Å². The van der Waals surface area contributed by atoms with Crippen LogP contribution in [0.15, 0.2) is 6.20 Å². The number of carboxylic acid groups (broad SMARTS) is 1. The van der Waals surface area contributed by atoms with Crippen LogP contribution in [0.5, 0.6) is 0 Å². The highest BCUT2D eigenvalue weighted by Gasteiger charge is 2.09. The van der Waals surface area contributed by atoms with E-state index in [2.05, 4.69) is 20.9 Å². The Balaban J connectivity index is 2.29. The number of hydrogen-bond acceptors (Lipinski definition) is 5. The Morgan fingerprint density at radius 1 is 1.47 bits per heavy atom. The summed E-state index contributed by atoms with van der Waals surface area (Å²) >= 11 is 0. The molecule has 3 N–H and O–H groups in total. The first-order valence-corrected chi connectivity index (χ1v) is 5.81. The molecular formula is C10H18N6O3. The third-order valence-electron chi connectivity index (χ3n) is 2.42. The fourth-order valence-electron chi connectivity index (χ4n) is 1.30. The molecule has 0 radical (unpaired) electrons. The van der Waals surface area contributed by atoms with Gasteiger partial charge in [-0.2, -0.15) is 0 Å². The standard InChI is InChI=1S/C10H18N6O3/c1-11-3-5-15(2)10(19)12-4-6-16-7-8(9(17)18)13-14-16/h7,11H,3-6H2,1-2H3,(H,12,19)(H,17,18). The molecule has 1 rings (SSSR count). The molecule has 0 bridgehead atoms. The average Bonchev–Trinajstić information content (AvgIpc) is 2.84. The number of nitrogens with zero attached hydrogens (tertiary/aromatic N) is 4. The molecule has 19 heavy (non-hydrogen) atoms. The van der Waals surface area contributed by atoms with Crippen LogP contribution >= 0.6 is 0 Å². The summed E-state index contributed by atoms with van der Waals surface area (Å²) in [6.07, 6.45) is 1.32. The predicted molar refractivity (Wildman–Crippen MR) is 66.9 cm³/mol. The van der Waals surface area contributed by atoms with Gasteiger partial charge in [0.1, 0.15) is 0 Å². The molecule has 1 aromatic rings. The zero-order valence-corrected chi connectivity index (χ0v) is 11.0. The van der Waals surface area contributed by atoms with Crippen molar-refractivity contribution in [3.8, 4) is 0 Å². The molecule has 0 aromatic carbocycles. The molecule has 0 saturated heterocycles. The van der Waals surface area contributed by atoms with E-state index in [1.807, 2.05) is 7.05 Å². The average molecular weight is 270 g/mol. The summed E-state index contributed by atoms with van der Waals surface area (Å²) in [5, 5.41) is 21.4. The van der Waals surface area contributed by atoms with Gasteiger partial charge in [-0.05, 0) is 7.05 Å². The van der Waals surface area contributed by atoms with Crippen LogP contribution in [-0.4, -0.2) is 70.7 Å². The van der Waals surface area contributed by atoms with Gasteiger partial charge in [-0.15, -0.1) is 5.10 Å². The van der Waals surface area contributed by atoms with E-state index < -0.39 is 5.97 Å². The van der Waals surface area contributed by atoms with Crippen molar-refractivity contribution in [1.29, 1.82) is 0 Å². The Morgan fingerprint density at radius 3 is 2.79 bits per heavy atom. The van der Waals surface area contributed by atoms with Gasteiger partial charge in [0.05, 0.1) is 12.7 Å². The number of nitrogens with one attached hydrogen (secondary N) is 2. The Morgan fingerprint density at radius 2 is 2.21 bits per heavy atom. The molecule has 0 saturated carbocycles. The minimum atomic E-state index is -1.12. The van der Waals surface area contributed by atoms with Crippen molar-refractivity contribution >= 4 is 12.0 Å². The smallest absolute Gasteiger partial charge is 0.358 e. The van der Waals surface area contributed by atoms with E-state index in [-0.39, 0.29) is 11.7 Å². The van der Waals surface area contributed by atoms with Crippen LogP contribution in [0.3, 0.4) is 0 Å². The number of urea groups is 1. The summed E-state index contributed by atoms with van der Waals surface area (Å²) < 4.78 is 1.37. The molecule has 9 nitrogen and oxygen atoms in total. The molecule has 0 unspecified atom stereocenters. The summed E-state index contributed by atoms with van der Waals surface area (Å²) in [6.45, 7) is 2.04. The second-order valence-electron chi connectivity index (χ2n) is 3.93. The van der Waals surface area contributed by atoms with Gasteiger partial charge in [-0.1, -0.05) is 5.21 Å². The Bertz CT molecular complexity index is 433. The Hall–Kier alpha value is -2.16. The molecule has 0 aliphatic carbocycles. The van der Waals surface area contributed by atoms with Crippen LogP contribution in [0.25, 0.3) is 0 Å². The summed E-state index contributed by atoms with van der Waals surface area (Å²) in [6, 6.07) is -0.186. The van der Waals surface area contributed by atoms with E-state index in [0.29, 0.717) is 19.6 Å². The Kier molecular flexibility index (Phi) is 5.73. The minimum Gasteiger partial charge on any atom is -0.476 e. The molecule has 0 fully saturated rings. The van der Waals surface area contributed by atoms with Crippen molar-refractivity contribution < 1.29 is 14.7 Å².